The van der Waals surface area contributed by atoms with Crippen LogP contribution in [0.5, 0.6) is 5.75 Å². The molecule has 1 saturated heterocycles. The molecule has 9 heteroatoms. The zero-order valence-electron chi connectivity index (χ0n) is 17.4. The highest BCUT2D eigenvalue weighted by atomic mass is 35.5. The van der Waals surface area contributed by atoms with Crippen molar-refractivity contribution in [3.05, 3.63) is 29.8 Å². The Balaban J connectivity index is 0.00000225. The van der Waals surface area contributed by atoms with Gasteiger partial charge in [0.2, 0.25) is 0 Å². The lowest BCUT2D eigenvalue weighted by Crippen LogP contribution is -2.50. The third kappa shape index (κ3) is 7.45. The van der Waals surface area contributed by atoms with Crippen molar-refractivity contribution >= 4 is 24.8 Å². The predicted molar refractivity (Wildman–Crippen MR) is 117 cm³/mol. The predicted octanol–water partition coefficient (Wildman–Crippen LogP) is 4.85. The number of benzene rings is 1. The average Bonchev–Trinajstić information content (AvgIpc) is 2.67. The molecule has 1 aliphatic carbocycles. The Morgan fingerprint density at radius 3 is 2.00 bits per heavy atom. The van der Waals surface area contributed by atoms with Crippen LogP contribution in [-0.4, -0.2) is 66.1 Å². The molecule has 30 heavy (non-hydrogen) atoms. The number of piperazine rings is 1. The molecule has 1 aliphatic heterocycles. The number of rotatable bonds is 6. The van der Waals surface area contributed by atoms with E-state index in [-0.39, 0.29) is 36.5 Å². The molecule has 2 aliphatic rings. The molecule has 0 aromatic heterocycles. The smallest absolute Gasteiger partial charge is 0.406 e. The molecule has 3 rings (SSSR count). The number of ether oxygens (including phenoxy) is 1. The summed E-state index contributed by atoms with van der Waals surface area (Å²) in [4.78, 5) is 4.79. The summed E-state index contributed by atoms with van der Waals surface area (Å²) in [5.41, 5.74) is 0.0869. The summed E-state index contributed by atoms with van der Waals surface area (Å²) in [7, 11) is 0. The van der Waals surface area contributed by atoms with Gasteiger partial charge in [-0.25, -0.2) is 0 Å². The van der Waals surface area contributed by atoms with Crippen molar-refractivity contribution in [3.63, 3.8) is 0 Å². The first-order chi connectivity index (χ1) is 13.3. The Kier molecular flexibility index (Phi) is 10.7. The van der Waals surface area contributed by atoms with Crippen LogP contribution >= 0.6 is 24.8 Å². The fourth-order valence-electron chi connectivity index (χ4n) is 4.55. The summed E-state index contributed by atoms with van der Waals surface area (Å²) < 4.78 is 41.4. The molecule has 0 spiro atoms. The molecule has 1 aromatic carbocycles. The van der Waals surface area contributed by atoms with Crippen molar-refractivity contribution in [2.45, 2.75) is 56.9 Å². The van der Waals surface area contributed by atoms with E-state index in [1.807, 2.05) is 0 Å². The molecule has 0 amide bonds. The van der Waals surface area contributed by atoms with E-state index in [4.69, 9.17) is 0 Å². The van der Waals surface area contributed by atoms with Crippen LogP contribution in [0.1, 0.15) is 50.5 Å². The van der Waals surface area contributed by atoms with Crippen molar-refractivity contribution in [2.24, 2.45) is 0 Å². The van der Waals surface area contributed by atoms with Gasteiger partial charge in [0.05, 0.1) is 5.60 Å². The van der Waals surface area contributed by atoms with Crippen LogP contribution in [-0.2, 0) is 0 Å². The molecule has 1 atom stereocenters. The minimum atomic E-state index is -4.69. The van der Waals surface area contributed by atoms with Gasteiger partial charge in [-0.1, -0.05) is 38.3 Å². The van der Waals surface area contributed by atoms with E-state index in [1.165, 1.54) is 12.1 Å². The first-order valence-corrected chi connectivity index (χ1v) is 10.3. The Morgan fingerprint density at radius 2 is 1.50 bits per heavy atom. The zero-order valence-corrected chi connectivity index (χ0v) is 19.0. The van der Waals surface area contributed by atoms with Crippen LogP contribution in [0, 0.1) is 0 Å². The normalized spacial score (nSPS) is 21.2. The van der Waals surface area contributed by atoms with Crippen molar-refractivity contribution in [2.75, 3.05) is 39.3 Å². The number of alkyl halides is 3. The molecule has 1 saturated carbocycles. The van der Waals surface area contributed by atoms with Gasteiger partial charge in [-0.3, -0.25) is 0 Å². The van der Waals surface area contributed by atoms with E-state index < -0.39 is 12.0 Å². The van der Waals surface area contributed by atoms with Gasteiger partial charge in [-0.2, -0.15) is 0 Å². The van der Waals surface area contributed by atoms with E-state index in [0.29, 0.717) is 0 Å². The lowest BCUT2D eigenvalue weighted by atomic mass is 9.72. The number of hydrogen-bond acceptors (Lipinski definition) is 4. The minimum absolute atomic E-state index is 0. The number of halogens is 5. The van der Waals surface area contributed by atoms with Gasteiger partial charge < -0.3 is 19.6 Å². The quantitative estimate of drug-likeness (QED) is 0.641. The van der Waals surface area contributed by atoms with Crippen LogP contribution in [0.15, 0.2) is 24.3 Å². The first kappa shape index (κ1) is 27.3. The van der Waals surface area contributed by atoms with Crippen LogP contribution in [0.2, 0.25) is 0 Å². The van der Waals surface area contributed by atoms with Crippen LogP contribution in [0.3, 0.4) is 0 Å². The lowest BCUT2D eigenvalue weighted by molar-refractivity contribution is -0.274. The summed E-state index contributed by atoms with van der Waals surface area (Å²) >= 11 is 0. The molecular formula is C21H33Cl2F3N2O2. The van der Waals surface area contributed by atoms with Gasteiger partial charge in [0.25, 0.3) is 0 Å². The monoisotopic (exact) mass is 472 g/mol. The molecule has 4 nitrogen and oxygen atoms in total. The van der Waals surface area contributed by atoms with Gasteiger partial charge in [-0.05, 0) is 37.1 Å². The third-order valence-electron chi connectivity index (χ3n) is 6.24. The first-order valence-electron chi connectivity index (χ1n) is 10.3. The zero-order chi connectivity index (χ0) is 20.2. The molecule has 1 heterocycles. The maximum atomic E-state index is 12.4. The Morgan fingerprint density at radius 1 is 0.967 bits per heavy atom. The van der Waals surface area contributed by atoms with Crippen molar-refractivity contribution in [3.8, 4) is 5.75 Å². The molecule has 0 radical (unpaired) electrons. The highest BCUT2D eigenvalue weighted by molar-refractivity contribution is 5.85. The summed E-state index contributed by atoms with van der Waals surface area (Å²) in [6.07, 6.45) is -0.0947. The molecule has 1 unspecified atom stereocenters. The maximum absolute atomic E-state index is 12.4. The Hall–Kier alpha value is -0.730. The summed E-state index contributed by atoms with van der Waals surface area (Å²) in [6.45, 7) is 7.87. The van der Waals surface area contributed by atoms with E-state index >= 15 is 0 Å². The summed E-state index contributed by atoms with van der Waals surface area (Å²) in [5.74, 6) is -0.330. The van der Waals surface area contributed by atoms with Gasteiger partial charge in [-0.15, -0.1) is 38.0 Å². The molecule has 2 fully saturated rings. The molecular weight excluding hydrogens is 440 g/mol. The number of hydrogen-bond donors (Lipinski definition) is 1. The fourth-order valence-corrected chi connectivity index (χ4v) is 4.55. The number of nitrogens with zero attached hydrogens (tertiary/aromatic N) is 2. The topological polar surface area (TPSA) is 35.9 Å². The molecule has 1 aromatic rings. The third-order valence-corrected chi connectivity index (χ3v) is 6.24. The number of likely N-dealkylation sites (N-methyl/N-ethyl adjacent to an activating group) is 1. The van der Waals surface area contributed by atoms with Gasteiger partial charge >= 0.3 is 6.36 Å². The van der Waals surface area contributed by atoms with E-state index in [0.717, 1.165) is 76.9 Å². The van der Waals surface area contributed by atoms with Gasteiger partial charge in [0.15, 0.2) is 0 Å². The second-order valence-electron chi connectivity index (χ2n) is 8.07. The fraction of sp³-hybridized carbons (Fsp3) is 0.714. The standard InChI is InChI=1S/C21H31F3N2O2.2ClH/c1-2-25-12-14-26(15-13-25)16-19(20(27)10-4-3-5-11-20)17-6-8-18(9-7-17)28-21(22,23)24;;/h6-9,19,27H,2-5,10-16H2,1H3;2*1H. The van der Waals surface area contributed by atoms with Crippen LogP contribution < -0.4 is 4.74 Å². The van der Waals surface area contributed by atoms with Gasteiger partial charge in [0.1, 0.15) is 5.75 Å². The number of aliphatic hydroxyl groups is 1. The largest absolute Gasteiger partial charge is 0.573 e. The van der Waals surface area contributed by atoms with Crippen LogP contribution in [0.4, 0.5) is 13.2 Å². The Bertz CT molecular complexity index is 618. The van der Waals surface area contributed by atoms with E-state index in [1.54, 1.807) is 12.1 Å². The molecule has 1 N–H and O–H groups in total. The summed E-state index contributed by atoms with van der Waals surface area (Å²) in [5, 5.41) is 11.4. The van der Waals surface area contributed by atoms with Gasteiger partial charge in [0, 0.05) is 38.6 Å². The van der Waals surface area contributed by atoms with E-state index in [2.05, 4.69) is 21.5 Å². The SMILES string of the molecule is CCN1CCN(CC(c2ccc(OC(F)(F)F)cc2)C2(O)CCCCC2)CC1.Cl.Cl. The molecule has 0 bridgehead atoms. The maximum Gasteiger partial charge on any atom is 0.573 e. The van der Waals surface area contributed by atoms with Crippen molar-refractivity contribution < 1.29 is 23.0 Å². The van der Waals surface area contributed by atoms with E-state index in [9.17, 15) is 18.3 Å². The molecule has 174 valence electrons. The second kappa shape index (κ2) is 11.8. The summed E-state index contributed by atoms with van der Waals surface area (Å²) in [6, 6.07) is 6.08. The highest BCUT2D eigenvalue weighted by Gasteiger charge is 2.40. The minimum Gasteiger partial charge on any atom is -0.406 e. The van der Waals surface area contributed by atoms with Crippen molar-refractivity contribution in [1.82, 2.24) is 9.80 Å². The van der Waals surface area contributed by atoms with Crippen LogP contribution in [0.25, 0.3) is 0 Å². The average molecular weight is 473 g/mol. The highest BCUT2D eigenvalue weighted by Crippen LogP contribution is 2.41. The Labute approximate surface area is 189 Å². The van der Waals surface area contributed by atoms with Crippen molar-refractivity contribution in [1.29, 1.82) is 0 Å². The second-order valence-corrected chi connectivity index (χ2v) is 8.07. The lowest BCUT2D eigenvalue weighted by Gasteiger charge is -2.43.